The van der Waals surface area contributed by atoms with E-state index in [-0.39, 0.29) is 5.41 Å². The summed E-state index contributed by atoms with van der Waals surface area (Å²) >= 11 is 0. The number of anilines is 1. The van der Waals surface area contributed by atoms with Gasteiger partial charge in [0.2, 0.25) is 0 Å². The number of nitrogens with one attached hydrogen (secondary N) is 1. The second-order valence-electron chi connectivity index (χ2n) is 11.0. The highest BCUT2D eigenvalue weighted by molar-refractivity contribution is 7.92. The van der Waals surface area contributed by atoms with Crippen LogP contribution in [0.25, 0.3) is 0 Å². The van der Waals surface area contributed by atoms with E-state index < -0.39 is 15.1 Å². The van der Waals surface area contributed by atoms with Crippen molar-refractivity contribution in [3.63, 3.8) is 0 Å². The fourth-order valence-corrected chi connectivity index (χ4v) is 6.77. The van der Waals surface area contributed by atoms with Gasteiger partial charge >= 0.3 is 0 Å². The molecule has 0 amide bonds. The molecule has 0 spiro atoms. The van der Waals surface area contributed by atoms with E-state index >= 15 is 0 Å². The Morgan fingerprint density at radius 2 is 1.66 bits per heavy atom. The number of imidazole rings is 1. The standard InChI is InChI=1S/C31H36N4O2S/c1-31(2,3)26-13-15-27(16-14-26)38(36,37)28-21-25-11-7-8-12-29(25)35(23-30-32-18-19-33-30)34(22-28)20-17-24-9-5-4-6-10-24/h4-16,18-19,28H,17,20-23H2,1-3H3,(H,32,33). The molecule has 4 aromatic rings. The highest BCUT2D eigenvalue weighted by Crippen LogP contribution is 2.33. The predicted molar refractivity (Wildman–Crippen MR) is 153 cm³/mol. The quantitative estimate of drug-likeness (QED) is 0.340. The maximum atomic E-state index is 14.1. The van der Waals surface area contributed by atoms with E-state index in [1.165, 1.54) is 5.56 Å². The number of para-hydroxylation sites is 1. The summed E-state index contributed by atoms with van der Waals surface area (Å²) in [5, 5.41) is 3.82. The molecule has 1 N–H and O–H groups in total. The molecule has 1 unspecified atom stereocenters. The van der Waals surface area contributed by atoms with E-state index in [4.69, 9.17) is 0 Å². The van der Waals surface area contributed by atoms with E-state index in [0.717, 1.165) is 29.1 Å². The lowest BCUT2D eigenvalue weighted by atomic mass is 9.87. The van der Waals surface area contributed by atoms with Gasteiger partial charge in [-0.25, -0.2) is 18.4 Å². The molecule has 0 saturated carbocycles. The molecule has 1 aliphatic heterocycles. The largest absolute Gasteiger partial charge is 0.347 e. The van der Waals surface area contributed by atoms with Crippen molar-refractivity contribution in [1.29, 1.82) is 0 Å². The lowest BCUT2D eigenvalue weighted by molar-refractivity contribution is 0.250. The van der Waals surface area contributed by atoms with Crippen molar-refractivity contribution in [3.05, 3.63) is 114 Å². The third-order valence-corrected chi connectivity index (χ3v) is 9.44. The Kier molecular flexibility index (Phi) is 7.41. The minimum Gasteiger partial charge on any atom is -0.347 e. The van der Waals surface area contributed by atoms with Gasteiger partial charge in [-0.05, 0) is 53.1 Å². The van der Waals surface area contributed by atoms with E-state index in [0.29, 0.717) is 31.0 Å². The van der Waals surface area contributed by atoms with E-state index in [1.54, 1.807) is 18.3 Å². The van der Waals surface area contributed by atoms with Crippen LogP contribution in [-0.2, 0) is 34.6 Å². The summed E-state index contributed by atoms with van der Waals surface area (Å²) < 4.78 is 28.2. The molecule has 5 rings (SSSR count). The molecule has 2 heterocycles. The van der Waals surface area contributed by atoms with Gasteiger partial charge in [0, 0.05) is 25.5 Å². The molecule has 0 saturated heterocycles. The third-order valence-electron chi connectivity index (χ3n) is 7.32. The first-order valence-electron chi connectivity index (χ1n) is 13.2. The zero-order chi connectivity index (χ0) is 26.8. The highest BCUT2D eigenvalue weighted by Gasteiger charge is 2.36. The van der Waals surface area contributed by atoms with Crippen LogP contribution in [0.4, 0.5) is 5.69 Å². The van der Waals surface area contributed by atoms with Crippen LogP contribution >= 0.6 is 0 Å². The molecule has 7 heteroatoms. The molecule has 38 heavy (non-hydrogen) atoms. The van der Waals surface area contributed by atoms with Crippen LogP contribution in [0, 0.1) is 0 Å². The Morgan fingerprint density at radius 1 is 0.947 bits per heavy atom. The van der Waals surface area contributed by atoms with Gasteiger partial charge in [0.25, 0.3) is 0 Å². The fourth-order valence-electron chi connectivity index (χ4n) is 5.10. The average Bonchev–Trinajstić information content (AvgIpc) is 3.37. The highest BCUT2D eigenvalue weighted by atomic mass is 32.2. The number of hydrogen-bond donors (Lipinski definition) is 1. The Bertz CT molecular complexity index is 1440. The Hall–Kier alpha value is -3.42. The second-order valence-corrected chi connectivity index (χ2v) is 13.2. The van der Waals surface area contributed by atoms with Gasteiger partial charge in [-0.1, -0.05) is 81.4 Å². The number of benzene rings is 3. The molecular formula is C31H36N4O2S. The maximum absolute atomic E-state index is 14.1. The first-order valence-corrected chi connectivity index (χ1v) is 14.7. The molecule has 1 aliphatic rings. The summed E-state index contributed by atoms with van der Waals surface area (Å²) in [5.74, 6) is 0.837. The first-order chi connectivity index (χ1) is 18.2. The molecular weight excluding hydrogens is 492 g/mol. The average molecular weight is 529 g/mol. The smallest absolute Gasteiger partial charge is 0.182 e. The fraction of sp³-hybridized carbons (Fsp3) is 0.323. The van der Waals surface area contributed by atoms with Crippen molar-refractivity contribution in [2.75, 3.05) is 18.1 Å². The molecule has 1 atom stereocenters. The van der Waals surface area contributed by atoms with Crippen LogP contribution in [0.3, 0.4) is 0 Å². The number of nitrogens with zero attached hydrogens (tertiary/aromatic N) is 3. The van der Waals surface area contributed by atoms with Gasteiger partial charge in [0.05, 0.1) is 22.4 Å². The molecule has 1 aromatic heterocycles. The molecule has 0 aliphatic carbocycles. The summed E-state index contributed by atoms with van der Waals surface area (Å²) in [5.41, 5.74) is 4.36. The van der Waals surface area contributed by atoms with Crippen molar-refractivity contribution in [2.24, 2.45) is 0 Å². The minimum absolute atomic E-state index is 0.0376. The molecule has 0 radical (unpaired) electrons. The predicted octanol–water partition coefficient (Wildman–Crippen LogP) is 5.57. The number of H-pyrrole nitrogens is 1. The van der Waals surface area contributed by atoms with Crippen molar-refractivity contribution < 1.29 is 8.42 Å². The topological polar surface area (TPSA) is 69.3 Å². The normalized spacial score (nSPS) is 16.7. The number of sulfone groups is 1. The van der Waals surface area contributed by atoms with Crippen molar-refractivity contribution >= 4 is 15.5 Å². The Labute approximate surface area is 226 Å². The lowest BCUT2D eigenvalue weighted by Crippen LogP contribution is -2.47. The van der Waals surface area contributed by atoms with Crippen molar-refractivity contribution in [2.45, 2.75) is 55.7 Å². The van der Waals surface area contributed by atoms with Crippen LogP contribution in [0.1, 0.15) is 43.3 Å². The zero-order valence-electron chi connectivity index (χ0n) is 22.3. The Morgan fingerprint density at radius 3 is 2.34 bits per heavy atom. The van der Waals surface area contributed by atoms with Crippen LogP contribution in [0.5, 0.6) is 0 Å². The maximum Gasteiger partial charge on any atom is 0.182 e. The summed E-state index contributed by atoms with van der Waals surface area (Å²) in [6, 6.07) is 25.9. The number of aromatic amines is 1. The van der Waals surface area contributed by atoms with Crippen LogP contribution < -0.4 is 5.01 Å². The van der Waals surface area contributed by atoms with E-state index in [9.17, 15) is 8.42 Å². The molecule has 0 fully saturated rings. The zero-order valence-corrected chi connectivity index (χ0v) is 23.2. The first kappa shape index (κ1) is 26.2. The van der Waals surface area contributed by atoms with Gasteiger partial charge in [0.15, 0.2) is 9.84 Å². The number of hydrogen-bond acceptors (Lipinski definition) is 5. The van der Waals surface area contributed by atoms with Crippen molar-refractivity contribution in [3.8, 4) is 0 Å². The molecule has 3 aromatic carbocycles. The monoisotopic (exact) mass is 528 g/mol. The minimum atomic E-state index is -3.58. The SMILES string of the molecule is CC(C)(C)c1ccc(S(=O)(=O)C2Cc3ccccc3N(Cc3ncc[nH]3)N(CCc3ccccc3)C2)cc1. The summed E-state index contributed by atoms with van der Waals surface area (Å²) in [4.78, 5) is 8.07. The van der Waals surface area contributed by atoms with Gasteiger partial charge in [0.1, 0.15) is 5.82 Å². The third kappa shape index (κ3) is 5.69. The van der Waals surface area contributed by atoms with Crippen LogP contribution in [-0.4, -0.2) is 41.7 Å². The lowest BCUT2D eigenvalue weighted by Gasteiger charge is -2.36. The Balaban J connectivity index is 1.52. The van der Waals surface area contributed by atoms with Crippen LogP contribution in [0.2, 0.25) is 0 Å². The number of hydrazine groups is 1. The van der Waals surface area contributed by atoms with Gasteiger partial charge in [-0.2, -0.15) is 0 Å². The van der Waals surface area contributed by atoms with E-state index in [2.05, 4.69) is 65.0 Å². The second kappa shape index (κ2) is 10.8. The van der Waals surface area contributed by atoms with Gasteiger partial charge in [-0.15, -0.1) is 0 Å². The number of fused-ring (bicyclic) bond motifs is 1. The van der Waals surface area contributed by atoms with Gasteiger partial charge < -0.3 is 4.98 Å². The summed E-state index contributed by atoms with van der Waals surface area (Å²) in [6.45, 7) is 8.02. The summed E-state index contributed by atoms with van der Waals surface area (Å²) in [7, 11) is -3.58. The van der Waals surface area contributed by atoms with Crippen LogP contribution in [0.15, 0.2) is 96.2 Å². The number of aromatic nitrogens is 2. The number of rotatable bonds is 7. The molecule has 6 nitrogen and oxygen atoms in total. The van der Waals surface area contributed by atoms with Gasteiger partial charge in [-0.3, -0.25) is 5.01 Å². The summed E-state index contributed by atoms with van der Waals surface area (Å²) in [6.07, 6.45) is 4.84. The molecule has 0 bridgehead atoms. The van der Waals surface area contributed by atoms with Crippen molar-refractivity contribution in [1.82, 2.24) is 15.0 Å². The van der Waals surface area contributed by atoms with E-state index in [1.807, 2.05) is 48.7 Å². The molecule has 198 valence electrons.